The number of carbonyl (C=O) groups is 2. The smallest absolute Gasteiger partial charge is 0.270 e. The number of nitro benzene ring substituents is 1. The Hall–Kier alpha value is -4.35. The van der Waals surface area contributed by atoms with Gasteiger partial charge in [0.1, 0.15) is 5.75 Å². The van der Waals surface area contributed by atoms with Gasteiger partial charge in [0.05, 0.1) is 42.1 Å². The van der Waals surface area contributed by atoms with E-state index in [1.807, 2.05) is 17.0 Å². The van der Waals surface area contributed by atoms with Crippen molar-refractivity contribution in [3.63, 3.8) is 0 Å². The molecule has 0 aromatic heterocycles. The Kier molecular flexibility index (Phi) is 8.55. The summed E-state index contributed by atoms with van der Waals surface area (Å²) >= 11 is 6.11. The molecule has 11 nitrogen and oxygen atoms in total. The maximum atomic E-state index is 13.3. The second-order valence-electron chi connectivity index (χ2n) is 9.68. The van der Waals surface area contributed by atoms with Gasteiger partial charge in [-0.25, -0.2) is 0 Å². The quantitative estimate of drug-likeness (QED) is 0.325. The molecular formula is C29H30ClN5O6. The summed E-state index contributed by atoms with van der Waals surface area (Å²) in [5.41, 5.74) is 2.70. The number of rotatable bonds is 7. The van der Waals surface area contributed by atoms with Crippen LogP contribution in [0.1, 0.15) is 20.7 Å². The molecule has 0 unspecified atom stereocenters. The van der Waals surface area contributed by atoms with Crippen molar-refractivity contribution >= 4 is 46.2 Å². The van der Waals surface area contributed by atoms with Crippen molar-refractivity contribution in [2.24, 2.45) is 0 Å². The van der Waals surface area contributed by atoms with Crippen LogP contribution in [0.15, 0.2) is 60.7 Å². The van der Waals surface area contributed by atoms with Gasteiger partial charge in [-0.1, -0.05) is 11.6 Å². The molecule has 3 aromatic rings. The number of amides is 2. The van der Waals surface area contributed by atoms with Crippen molar-refractivity contribution in [2.75, 3.05) is 74.7 Å². The number of carbonyl (C=O) groups excluding carboxylic acids is 2. The zero-order chi connectivity index (χ0) is 28.9. The van der Waals surface area contributed by atoms with Crippen molar-refractivity contribution < 1.29 is 24.0 Å². The molecule has 2 aliphatic heterocycles. The number of non-ortho nitro benzene ring substituents is 1. The molecule has 0 spiro atoms. The minimum Gasteiger partial charge on any atom is -0.496 e. The molecule has 5 rings (SSSR count). The summed E-state index contributed by atoms with van der Waals surface area (Å²) in [6.07, 6.45) is 0. The highest BCUT2D eigenvalue weighted by Gasteiger charge is 2.25. The molecule has 41 heavy (non-hydrogen) atoms. The van der Waals surface area contributed by atoms with E-state index in [2.05, 4.69) is 10.2 Å². The third kappa shape index (κ3) is 6.36. The maximum Gasteiger partial charge on any atom is 0.270 e. The van der Waals surface area contributed by atoms with E-state index < -0.39 is 10.8 Å². The van der Waals surface area contributed by atoms with E-state index in [0.29, 0.717) is 80.2 Å². The Morgan fingerprint density at radius 1 is 0.902 bits per heavy atom. The number of ether oxygens (including phenoxy) is 2. The summed E-state index contributed by atoms with van der Waals surface area (Å²) in [6.45, 7) is 4.58. The largest absolute Gasteiger partial charge is 0.496 e. The van der Waals surface area contributed by atoms with Crippen molar-refractivity contribution in [1.29, 1.82) is 0 Å². The zero-order valence-corrected chi connectivity index (χ0v) is 23.3. The van der Waals surface area contributed by atoms with Gasteiger partial charge in [-0.2, -0.15) is 0 Å². The normalized spacial score (nSPS) is 15.4. The van der Waals surface area contributed by atoms with Crippen molar-refractivity contribution in [2.45, 2.75) is 0 Å². The first-order valence-corrected chi connectivity index (χ1v) is 13.6. The summed E-state index contributed by atoms with van der Waals surface area (Å²) in [5, 5.41) is 14.7. The summed E-state index contributed by atoms with van der Waals surface area (Å²) in [6, 6.07) is 16.8. The number of nitrogens with zero attached hydrogens (tertiary/aromatic N) is 4. The number of benzene rings is 3. The fourth-order valence-corrected chi connectivity index (χ4v) is 5.21. The molecule has 0 radical (unpaired) electrons. The second kappa shape index (κ2) is 12.4. The Bertz CT molecular complexity index is 1440. The molecule has 0 atom stereocenters. The van der Waals surface area contributed by atoms with Crippen LogP contribution in [0.25, 0.3) is 0 Å². The van der Waals surface area contributed by atoms with Gasteiger partial charge in [-0.15, -0.1) is 0 Å². The van der Waals surface area contributed by atoms with Crippen LogP contribution >= 0.6 is 11.6 Å². The van der Waals surface area contributed by atoms with Crippen LogP contribution in [0.2, 0.25) is 5.02 Å². The Morgan fingerprint density at radius 2 is 1.61 bits per heavy atom. The predicted molar refractivity (Wildman–Crippen MR) is 157 cm³/mol. The summed E-state index contributed by atoms with van der Waals surface area (Å²) in [4.78, 5) is 43.2. The van der Waals surface area contributed by atoms with Crippen LogP contribution in [0.4, 0.5) is 22.7 Å². The zero-order valence-electron chi connectivity index (χ0n) is 22.5. The topological polar surface area (TPSA) is 117 Å². The number of hydrogen-bond donors (Lipinski definition) is 1. The van der Waals surface area contributed by atoms with Gasteiger partial charge in [-0.05, 0) is 48.5 Å². The number of piperazine rings is 1. The predicted octanol–water partition coefficient (Wildman–Crippen LogP) is 4.31. The van der Waals surface area contributed by atoms with E-state index in [9.17, 15) is 19.7 Å². The van der Waals surface area contributed by atoms with Crippen LogP contribution in [-0.2, 0) is 4.74 Å². The van der Waals surface area contributed by atoms with E-state index in [4.69, 9.17) is 21.1 Å². The van der Waals surface area contributed by atoms with E-state index in [-0.39, 0.29) is 17.2 Å². The maximum absolute atomic E-state index is 13.3. The Morgan fingerprint density at radius 3 is 2.27 bits per heavy atom. The Labute approximate surface area is 242 Å². The third-order valence-electron chi connectivity index (χ3n) is 7.24. The Balaban J connectivity index is 1.23. The lowest BCUT2D eigenvalue weighted by Gasteiger charge is -2.36. The van der Waals surface area contributed by atoms with E-state index in [1.54, 1.807) is 41.3 Å². The highest BCUT2D eigenvalue weighted by Crippen LogP contribution is 2.29. The van der Waals surface area contributed by atoms with Crippen LogP contribution in [-0.4, -0.2) is 81.2 Å². The lowest BCUT2D eigenvalue weighted by atomic mass is 10.1. The minimum absolute atomic E-state index is 0.125. The van der Waals surface area contributed by atoms with Crippen LogP contribution in [0, 0.1) is 10.1 Å². The number of hydrogen-bond acceptors (Lipinski definition) is 8. The van der Waals surface area contributed by atoms with Crippen LogP contribution in [0.3, 0.4) is 0 Å². The molecular weight excluding hydrogens is 550 g/mol. The average Bonchev–Trinajstić information content (AvgIpc) is 3.01. The van der Waals surface area contributed by atoms with Gasteiger partial charge >= 0.3 is 0 Å². The van der Waals surface area contributed by atoms with Gasteiger partial charge in [-0.3, -0.25) is 19.7 Å². The molecule has 2 saturated heterocycles. The summed E-state index contributed by atoms with van der Waals surface area (Å²) < 4.78 is 10.7. The molecule has 2 aliphatic rings. The first-order valence-electron chi connectivity index (χ1n) is 13.2. The number of anilines is 3. The lowest BCUT2D eigenvalue weighted by molar-refractivity contribution is -0.384. The molecule has 214 valence electrons. The number of morpholine rings is 1. The molecule has 3 aromatic carbocycles. The third-order valence-corrected chi connectivity index (χ3v) is 7.47. The monoisotopic (exact) mass is 579 g/mol. The van der Waals surface area contributed by atoms with Crippen molar-refractivity contribution in [1.82, 2.24) is 4.90 Å². The standard InChI is InChI=1S/C29H30ClN5O6/c1-40-27-9-2-20(30)18-25(27)29(37)34-12-10-32(11-13-34)22-5-3-21(4-6-22)31-28(36)24-19-23(35(38)39)7-8-26(24)33-14-16-41-17-15-33/h2-9,18-19H,10-17H2,1H3,(H,31,36). The van der Waals surface area contributed by atoms with Crippen LogP contribution < -0.4 is 19.9 Å². The van der Waals surface area contributed by atoms with Gasteiger partial charge < -0.3 is 29.5 Å². The highest BCUT2D eigenvalue weighted by atomic mass is 35.5. The van der Waals surface area contributed by atoms with Crippen molar-refractivity contribution in [3.05, 3.63) is 86.9 Å². The van der Waals surface area contributed by atoms with E-state index in [1.165, 1.54) is 19.2 Å². The molecule has 2 fully saturated rings. The fraction of sp³-hybridized carbons (Fsp3) is 0.310. The van der Waals surface area contributed by atoms with E-state index >= 15 is 0 Å². The lowest BCUT2D eigenvalue weighted by Crippen LogP contribution is -2.48. The molecule has 0 saturated carbocycles. The second-order valence-corrected chi connectivity index (χ2v) is 10.1. The minimum atomic E-state index is -0.506. The number of methoxy groups -OCH3 is 1. The highest BCUT2D eigenvalue weighted by molar-refractivity contribution is 6.31. The molecule has 12 heteroatoms. The molecule has 1 N–H and O–H groups in total. The van der Waals surface area contributed by atoms with Crippen molar-refractivity contribution in [3.8, 4) is 5.75 Å². The van der Waals surface area contributed by atoms with Gasteiger partial charge in [0, 0.05) is 67.8 Å². The first-order chi connectivity index (χ1) is 19.8. The molecule has 2 amide bonds. The summed E-state index contributed by atoms with van der Waals surface area (Å²) in [5.74, 6) is -0.0622. The molecule has 2 heterocycles. The number of halogens is 1. The summed E-state index contributed by atoms with van der Waals surface area (Å²) in [7, 11) is 1.52. The number of nitro groups is 1. The van der Waals surface area contributed by atoms with Crippen LogP contribution in [0.5, 0.6) is 5.75 Å². The molecule has 0 bridgehead atoms. The van der Waals surface area contributed by atoms with Gasteiger partial charge in [0.2, 0.25) is 0 Å². The average molecular weight is 580 g/mol. The van der Waals surface area contributed by atoms with Gasteiger partial charge in [0.15, 0.2) is 0 Å². The molecule has 0 aliphatic carbocycles. The number of nitrogens with one attached hydrogen (secondary N) is 1. The van der Waals surface area contributed by atoms with Gasteiger partial charge in [0.25, 0.3) is 17.5 Å². The fourth-order valence-electron chi connectivity index (χ4n) is 5.04. The first kappa shape index (κ1) is 28.2. The SMILES string of the molecule is COc1ccc(Cl)cc1C(=O)N1CCN(c2ccc(NC(=O)c3cc([N+](=O)[O-])ccc3N3CCOCC3)cc2)CC1. The van der Waals surface area contributed by atoms with E-state index in [0.717, 1.165) is 5.69 Å².